The minimum Gasteiger partial charge on any atom is -0.351 e. The third kappa shape index (κ3) is 3.98. The van der Waals surface area contributed by atoms with Crippen LogP contribution in [0.1, 0.15) is 20.8 Å². The number of carbonyl (C=O) groups is 2. The molecular formula is C15H20N6O2S. The molecule has 1 fully saturated rings. The highest BCUT2D eigenvalue weighted by Gasteiger charge is 2.23. The molecule has 0 aliphatic carbocycles. The van der Waals surface area contributed by atoms with Crippen LogP contribution in [0.25, 0.3) is 0 Å². The highest BCUT2D eigenvalue weighted by Crippen LogP contribution is 2.07. The number of rotatable bonds is 5. The van der Waals surface area contributed by atoms with Crippen LogP contribution in [-0.4, -0.2) is 75.9 Å². The first-order valence-electron chi connectivity index (χ1n) is 7.82. The van der Waals surface area contributed by atoms with Crippen LogP contribution in [-0.2, 0) is 7.05 Å². The van der Waals surface area contributed by atoms with Gasteiger partial charge in [0.2, 0.25) is 0 Å². The molecule has 1 aliphatic rings. The maximum atomic E-state index is 12.3. The number of piperazine rings is 1. The van der Waals surface area contributed by atoms with Crippen molar-refractivity contribution in [1.82, 2.24) is 30.1 Å². The van der Waals surface area contributed by atoms with Crippen molar-refractivity contribution < 1.29 is 9.59 Å². The summed E-state index contributed by atoms with van der Waals surface area (Å²) in [5.41, 5.74) is 1.09. The summed E-state index contributed by atoms with van der Waals surface area (Å²) in [6, 6.07) is 1.82. The van der Waals surface area contributed by atoms with E-state index in [0.717, 1.165) is 19.6 Å². The van der Waals surface area contributed by atoms with Crippen molar-refractivity contribution in [3.05, 3.63) is 34.3 Å². The number of carbonyl (C=O) groups excluding carboxylic acids is 2. The van der Waals surface area contributed by atoms with E-state index in [-0.39, 0.29) is 11.8 Å². The smallest absolute Gasteiger partial charge is 0.276 e. The van der Waals surface area contributed by atoms with E-state index in [1.54, 1.807) is 18.1 Å². The average Bonchev–Trinajstić information content (AvgIpc) is 3.26. The molecule has 0 radical (unpaired) electrons. The van der Waals surface area contributed by atoms with Gasteiger partial charge in [-0.3, -0.25) is 19.2 Å². The number of thiophene rings is 1. The molecule has 0 saturated carbocycles. The van der Waals surface area contributed by atoms with Gasteiger partial charge >= 0.3 is 0 Å². The van der Waals surface area contributed by atoms with Crippen molar-refractivity contribution in [2.75, 3.05) is 39.3 Å². The molecule has 0 spiro atoms. The minimum atomic E-state index is -0.0755. The number of hydrogen-bond acceptors (Lipinski definition) is 6. The van der Waals surface area contributed by atoms with Crippen molar-refractivity contribution >= 4 is 23.2 Å². The molecule has 3 rings (SSSR count). The van der Waals surface area contributed by atoms with E-state index in [9.17, 15) is 9.59 Å². The predicted octanol–water partition coefficient (Wildman–Crippen LogP) is 0.0644. The van der Waals surface area contributed by atoms with Gasteiger partial charge in [-0.2, -0.15) is 11.3 Å². The van der Waals surface area contributed by atoms with Crippen molar-refractivity contribution in [3.8, 4) is 0 Å². The van der Waals surface area contributed by atoms with E-state index in [1.807, 2.05) is 16.8 Å². The van der Waals surface area contributed by atoms with Gasteiger partial charge in [-0.25, -0.2) is 0 Å². The first kappa shape index (κ1) is 16.6. The van der Waals surface area contributed by atoms with Gasteiger partial charge in [0.1, 0.15) is 0 Å². The Morgan fingerprint density at radius 3 is 2.71 bits per heavy atom. The summed E-state index contributed by atoms with van der Waals surface area (Å²) in [5, 5.41) is 14.3. The van der Waals surface area contributed by atoms with Gasteiger partial charge in [-0.1, -0.05) is 5.21 Å². The predicted molar refractivity (Wildman–Crippen MR) is 90.0 cm³/mol. The quantitative estimate of drug-likeness (QED) is 0.826. The summed E-state index contributed by atoms with van der Waals surface area (Å²) in [6.45, 7) is 4.29. The monoisotopic (exact) mass is 348 g/mol. The van der Waals surface area contributed by atoms with Crippen LogP contribution in [0.3, 0.4) is 0 Å². The van der Waals surface area contributed by atoms with Gasteiger partial charge in [0.15, 0.2) is 5.69 Å². The number of nitrogens with zero attached hydrogens (tertiary/aromatic N) is 5. The molecule has 8 nitrogen and oxygen atoms in total. The second-order valence-electron chi connectivity index (χ2n) is 5.68. The van der Waals surface area contributed by atoms with Gasteiger partial charge < -0.3 is 10.2 Å². The normalized spacial score (nSPS) is 15.5. The Morgan fingerprint density at radius 1 is 1.29 bits per heavy atom. The Bertz CT molecular complexity index is 691. The van der Waals surface area contributed by atoms with E-state index < -0.39 is 0 Å². The molecule has 1 saturated heterocycles. The first-order valence-corrected chi connectivity index (χ1v) is 8.76. The van der Waals surface area contributed by atoms with Gasteiger partial charge in [0, 0.05) is 57.3 Å². The average molecular weight is 348 g/mol. The standard InChI is InChI=1S/C15H20N6O2S/c1-19-10-13(17-18-19)15(23)21-7-5-20(6-8-21)4-3-16-14(22)12-2-9-24-11-12/h2,9-11H,3-8H2,1H3,(H,16,22). The van der Waals surface area contributed by atoms with Crippen LogP contribution in [0.4, 0.5) is 0 Å². The van der Waals surface area contributed by atoms with Gasteiger partial charge in [0.25, 0.3) is 11.8 Å². The number of aryl methyl sites for hydroxylation is 1. The summed E-state index contributed by atoms with van der Waals surface area (Å²) >= 11 is 1.51. The number of nitrogens with one attached hydrogen (secondary N) is 1. The fourth-order valence-corrected chi connectivity index (χ4v) is 3.24. The van der Waals surface area contributed by atoms with Gasteiger partial charge in [-0.05, 0) is 11.4 Å². The lowest BCUT2D eigenvalue weighted by Crippen LogP contribution is -2.50. The molecule has 0 atom stereocenters. The molecule has 3 heterocycles. The molecule has 128 valence electrons. The minimum absolute atomic E-state index is 0.0345. The summed E-state index contributed by atoms with van der Waals surface area (Å²) in [4.78, 5) is 28.2. The van der Waals surface area contributed by atoms with Crippen molar-refractivity contribution in [2.45, 2.75) is 0 Å². The molecular weight excluding hydrogens is 328 g/mol. The SMILES string of the molecule is Cn1cc(C(=O)N2CCN(CCNC(=O)c3ccsc3)CC2)nn1. The molecule has 2 amide bonds. The van der Waals surface area contributed by atoms with Crippen LogP contribution >= 0.6 is 11.3 Å². The Hall–Kier alpha value is -2.26. The van der Waals surface area contributed by atoms with Gasteiger partial charge in [0.05, 0.1) is 6.20 Å². The Kier molecular flexibility index (Phi) is 5.21. The number of amides is 2. The van der Waals surface area contributed by atoms with Crippen molar-refractivity contribution in [1.29, 1.82) is 0 Å². The molecule has 1 N–H and O–H groups in total. The Balaban J connectivity index is 1.39. The molecule has 9 heteroatoms. The van der Waals surface area contributed by atoms with Crippen LogP contribution in [0.5, 0.6) is 0 Å². The maximum Gasteiger partial charge on any atom is 0.276 e. The summed E-state index contributed by atoms with van der Waals surface area (Å²) in [5.74, 6) is -0.110. The van der Waals surface area contributed by atoms with E-state index in [1.165, 1.54) is 16.0 Å². The second kappa shape index (κ2) is 7.54. The third-order valence-electron chi connectivity index (χ3n) is 3.98. The lowest BCUT2D eigenvalue weighted by atomic mass is 10.2. The van der Waals surface area contributed by atoms with Crippen LogP contribution in [0.2, 0.25) is 0 Å². The fourth-order valence-electron chi connectivity index (χ4n) is 2.61. The summed E-state index contributed by atoms with van der Waals surface area (Å²) in [6.07, 6.45) is 1.63. The fraction of sp³-hybridized carbons (Fsp3) is 0.467. The zero-order valence-corrected chi connectivity index (χ0v) is 14.3. The summed E-state index contributed by atoms with van der Waals surface area (Å²) in [7, 11) is 1.74. The van der Waals surface area contributed by atoms with Crippen molar-refractivity contribution in [3.63, 3.8) is 0 Å². The van der Waals surface area contributed by atoms with Crippen LogP contribution < -0.4 is 5.32 Å². The Morgan fingerprint density at radius 2 is 2.08 bits per heavy atom. The highest BCUT2D eigenvalue weighted by molar-refractivity contribution is 7.08. The van der Waals surface area contributed by atoms with E-state index in [0.29, 0.717) is 30.9 Å². The number of aromatic nitrogens is 3. The maximum absolute atomic E-state index is 12.3. The van der Waals surface area contributed by atoms with Crippen LogP contribution in [0.15, 0.2) is 23.0 Å². The third-order valence-corrected chi connectivity index (χ3v) is 4.66. The Labute approximate surface area is 144 Å². The molecule has 2 aromatic rings. The second-order valence-corrected chi connectivity index (χ2v) is 6.46. The highest BCUT2D eigenvalue weighted by atomic mass is 32.1. The lowest BCUT2D eigenvalue weighted by Gasteiger charge is -2.34. The molecule has 24 heavy (non-hydrogen) atoms. The molecule has 0 bridgehead atoms. The first-order chi connectivity index (χ1) is 11.6. The zero-order chi connectivity index (χ0) is 16.9. The van der Waals surface area contributed by atoms with E-state index >= 15 is 0 Å². The van der Waals surface area contributed by atoms with E-state index in [4.69, 9.17) is 0 Å². The van der Waals surface area contributed by atoms with E-state index in [2.05, 4.69) is 20.5 Å². The zero-order valence-electron chi connectivity index (χ0n) is 13.5. The molecule has 0 unspecified atom stereocenters. The topological polar surface area (TPSA) is 83.4 Å². The summed E-state index contributed by atoms with van der Waals surface area (Å²) < 4.78 is 1.53. The van der Waals surface area contributed by atoms with Crippen LogP contribution in [0, 0.1) is 0 Å². The molecule has 0 aromatic carbocycles. The number of hydrogen-bond donors (Lipinski definition) is 1. The molecule has 2 aromatic heterocycles. The molecule has 1 aliphatic heterocycles. The largest absolute Gasteiger partial charge is 0.351 e. The lowest BCUT2D eigenvalue weighted by molar-refractivity contribution is 0.0632. The van der Waals surface area contributed by atoms with Gasteiger partial charge in [-0.15, -0.1) is 5.10 Å². The van der Waals surface area contributed by atoms with Crippen molar-refractivity contribution in [2.24, 2.45) is 7.05 Å².